The standard InChI is InChI=1S/C11H17ClN2O/c1-2-9(15)5-6-14-11-4-3-8(13)7-10(11)12/h3-4,7,9,14-15H,2,5-6,13H2,1H3. The highest BCUT2D eigenvalue weighted by molar-refractivity contribution is 6.33. The van der Waals surface area contributed by atoms with Crippen molar-refractivity contribution in [3.63, 3.8) is 0 Å². The summed E-state index contributed by atoms with van der Waals surface area (Å²) in [5.74, 6) is 0. The first-order chi connectivity index (χ1) is 7.13. The molecule has 0 fully saturated rings. The average molecular weight is 229 g/mol. The molecule has 1 aromatic rings. The summed E-state index contributed by atoms with van der Waals surface area (Å²) in [5, 5.41) is 13.1. The first-order valence-electron chi connectivity index (χ1n) is 5.10. The number of aliphatic hydroxyl groups is 1. The highest BCUT2D eigenvalue weighted by Gasteiger charge is 2.02. The van der Waals surface area contributed by atoms with Crippen LogP contribution in [0.15, 0.2) is 18.2 Å². The minimum atomic E-state index is -0.245. The number of nitrogen functional groups attached to an aromatic ring is 1. The van der Waals surface area contributed by atoms with Crippen LogP contribution in [0.5, 0.6) is 0 Å². The summed E-state index contributed by atoms with van der Waals surface area (Å²) in [7, 11) is 0. The summed E-state index contributed by atoms with van der Waals surface area (Å²) in [6, 6.07) is 5.35. The quantitative estimate of drug-likeness (QED) is 0.679. The fraction of sp³-hybridized carbons (Fsp3) is 0.455. The summed E-state index contributed by atoms with van der Waals surface area (Å²) in [6.45, 7) is 2.67. The van der Waals surface area contributed by atoms with Gasteiger partial charge in [0, 0.05) is 12.2 Å². The molecule has 0 aliphatic rings. The SMILES string of the molecule is CCC(O)CCNc1ccc(N)cc1Cl. The van der Waals surface area contributed by atoms with Gasteiger partial charge in [-0.3, -0.25) is 0 Å². The van der Waals surface area contributed by atoms with Crippen LogP contribution < -0.4 is 11.1 Å². The number of nitrogens with two attached hydrogens (primary N) is 1. The van der Waals surface area contributed by atoms with Crippen LogP contribution in [0, 0.1) is 0 Å². The van der Waals surface area contributed by atoms with Crippen LogP contribution in [0.3, 0.4) is 0 Å². The molecule has 4 heteroatoms. The molecule has 0 heterocycles. The molecule has 3 nitrogen and oxygen atoms in total. The Morgan fingerprint density at radius 2 is 2.27 bits per heavy atom. The van der Waals surface area contributed by atoms with Crippen molar-refractivity contribution in [2.24, 2.45) is 0 Å². The summed E-state index contributed by atoms with van der Waals surface area (Å²) >= 11 is 5.97. The first-order valence-corrected chi connectivity index (χ1v) is 5.48. The van der Waals surface area contributed by atoms with Crippen LogP contribution in [0.2, 0.25) is 5.02 Å². The smallest absolute Gasteiger partial charge is 0.0657 e. The van der Waals surface area contributed by atoms with E-state index in [0.29, 0.717) is 17.3 Å². The van der Waals surface area contributed by atoms with Gasteiger partial charge in [0.1, 0.15) is 0 Å². The number of hydrogen-bond acceptors (Lipinski definition) is 3. The molecular weight excluding hydrogens is 212 g/mol. The van der Waals surface area contributed by atoms with Gasteiger partial charge in [0.25, 0.3) is 0 Å². The van der Waals surface area contributed by atoms with Crippen LogP contribution in [-0.2, 0) is 0 Å². The van der Waals surface area contributed by atoms with Gasteiger partial charge in [-0.05, 0) is 31.0 Å². The number of hydrogen-bond donors (Lipinski definition) is 3. The Kier molecular flexibility index (Phi) is 4.72. The molecule has 1 aromatic carbocycles. The molecule has 0 saturated heterocycles. The Bertz CT molecular complexity index is 317. The van der Waals surface area contributed by atoms with Crippen molar-refractivity contribution in [2.45, 2.75) is 25.9 Å². The largest absolute Gasteiger partial charge is 0.399 e. The highest BCUT2D eigenvalue weighted by atomic mass is 35.5. The fourth-order valence-corrected chi connectivity index (χ4v) is 1.51. The molecule has 84 valence electrons. The second-order valence-corrected chi connectivity index (χ2v) is 3.92. The lowest BCUT2D eigenvalue weighted by Gasteiger charge is -2.11. The number of aliphatic hydroxyl groups excluding tert-OH is 1. The van der Waals surface area contributed by atoms with E-state index in [-0.39, 0.29) is 6.10 Å². The van der Waals surface area contributed by atoms with Crippen LogP contribution >= 0.6 is 11.6 Å². The third-order valence-corrected chi connectivity index (χ3v) is 2.57. The number of anilines is 2. The summed E-state index contributed by atoms with van der Waals surface area (Å²) in [6.07, 6.45) is 1.25. The fourth-order valence-electron chi connectivity index (χ4n) is 1.25. The van der Waals surface area contributed by atoms with Gasteiger partial charge in [-0.15, -0.1) is 0 Å². The topological polar surface area (TPSA) is 58.3 Å². The van der Waals surface area contributed by atoms with Crippen molar-refractivity contribution in [1.82, 2.24) is 0 Å². The van der Waals surface area contributed by atoms with Gasteiger partial charge in [-0.1, -0.05) is 18.5 Å². The maximum absolute atomic E-state index is 9.36. The van der Waals surface area contributed by atoms with Crippen molar-refractivity contribution in [1.29, 1.82) is 0 Å². The van der Waals surface area contributed by atoms with Crippen LogP contribution in [0.4, 0.5) is 11.4 Å². The molecule has 0 amide bonds. The molecular formula is C11H17ClN2O. The molecule has 4 N–H and O–H groups in total. The summed E-state index contributed by atoms with van der Waals surface area (Å²) in [4.78, 5) is 0. The molecule has 1 atom stereocenters. The molecule has 0 aliphatic carbocycles. The Balaban J connectivity index is 2.44. The van der Waals surface area contributed by atoms with Crippen molar-refractivity contribution in [3.05, 3.63) is 23.2 Å². The van der Waals surface area contributed by atoms with E-state index in [0.717, 1.165) is 18.5 Å². The van der Waals surface area contributed by atoms with E-state index in [4.69, 9.17) is 17.3 Å². The van der Waals surface area contributed by atoms with Crippen LogP contribution in [0.1, 0.15) is 19.8 Å². The third-order valence-electron chi connectivity index (χ3n) is 2.26. The Labute approximate surface area is 95.2 Å². The van der Waals surface area contributed by atoms with Crippen LogP contribution in [0.25, 0.3) is 0 Å². The van der Waals surface area contributed by atoms with Gasteiger partial charge in [-0.2, -0.15) is 0 Å². The van der Waals surface area contributed by atoms with Gasteiger partial charge in [-0.25, -0.2) is 0 Å². The average Bonchev–Trinajstić information content (AvgIpc) is 2.21. The molecule has 0 bridgehead atoms. The van der Waals surface area contributed by atoms with Crippen LogP contribution in [-0.4, -0.2) is 17.8 Å². The third kappa shape index (κ3) is 3.98. The lowest BCUT2D eigenvalue weighted by atomic mass is 10.2. The second kappa shape index (κ2) is 5.83. The molecule has 1 rings (SSSR count). The van der Waals surface area contributed by atoms with E-state index in [9.17, 15) is 5.11 Å². The Morgan fingerprint density at radius 3 is 2.87 bits per heavy atom. The molecule has 0 spiro atoms. The van der Waals surface area contributed by atoms with Gasteiger partial charge < -0.3 is 16.2 Å². The zero-order chi connectivity index (χ0) is 11.3. The molecule has 15 heavy (non-hydrogen) atoms. The zero-order valence-corrected chi connectivity index (χ0v) is 9.59. The number of benzene rings is 1. The molecule has 0 aromatic heterocycles. The predicted octanol–water partition coefficient (Wildman–Crippen LogP) is 2.50. The van der Waals surface area contributed by atoms with E-state index in [1.807, 2.05) is 13.0 Å². The molecule has 0 radical (unpaired) electrons. The van der Waals surface area contributed by atoms with E-state index < -0.39 is 0 Å². The second-order valence-electron chi connectivity index (χ2n) is 3.52. The van der Waals surface area contributed by atoms with Crippen molar-refractivity contribution < 1.29 is 5.11 Å². The van der Waals surface area contributed by atoms with E-state index in [1.165, 1.54) is 0 Å². The van der Waals surface area contributed by atoms with Gasteiger partial charge in [0.2, 0.25) is 0 Å². The van der Waals surface area contributed by atoms with Gasteiger partial charge in [0.05, 0.1) is 16.8 Å². The number of rotatable bonds is 5. The van der Waals surface area contributed by atoms with Crippen molar-refractivity contribution in [3.8, 4) is 0 Å². The minimum absolute atomic E-state index is 0.245. The normalized spacial score (nSPS) is 12.5. The molecule has 1 unspecified atom stereocenters. The minimum Gasteiger partial charge on any atom is -0.399 e. The first kappa shape index (κ1) is 12.1. The summed E-state index contributed by atoms with van der Waals surface area (Å²) in [5.41, 5.74) is 7.08. The van der Waals surface area contributed by atoms with Crippen molar-refractivity contribution in [2.75, 3.05) is 17.6 Å². The Hall–Kier alpha value is -0.930. The summed E-state index contributed by atoms with van der Waals surface area (Å²) < 4.78 is 0. The number of nitrogens with one attached hydrogen (secondary N) is 1. The lowest BCUT2D eigenvalue weighted by Crippen LogP contribution is -2.12. The Morgan fingerprint density at radius 1 is 1.53 bits per heavy atom. The molecule has 0 aliphatic heterocycles. The predicted molar refractivity (Wildman–Crippen MR) is 65.3 cm³/mol. The van der Waals surface area contributed by atoms with E-state index >= 15 is 0 Å². The highest BCUT2D eigenvalue weighted by Crippen LogP contribution is 2.23. The van der Waals surface area contributed by atoms with Gasteiger partial charge >= 0.3 is 0 Å². The maximum atomic E-state index is 9.36. The van der Waals surface area contributed by atoms with E-state index in [1.54, 1.807) is 12.1 Å². The van der Waals surface area contributed by atoms with E-state index in [2.05, 4.69) is 5.32 Å². The van der Waals surface area contributed by atoms with Crippen molar-refractivity contribution >= 4 is 23.0 Å². The monoisotopic (exact) mass is 228 g/mol. The lowest BCUT2D eigenvalue weighted by molar-refractivity contribution is 0.164. The number of halogens is 1. The van der Waals surface area contributed by atoms with Gasteiger partial charge in [0.15, 0.2) is 0 Å². The molecule has 0 saturated carbocycles. The zero-order valence-electron chi connectivity index (χ0n) is 8.83. The maximum Gasteiger partial charge on any atom is 0.0657 e.